The summed E-state index contributed by atoms with van der Waals surface area (Å²) < 4.78 is 1.53. The van der Waals surface area contributed by atoms with Crippen molar-refractivity contribution in [3.8, 4) is 0 Å². The summed E-state index contributed by atoms with van der Waals surface area (Å²) in [5, 5.41) is 2.81. The summed E-state index contributed by atoms with van der Waals surface area (Å²) in [7, 11) is 0. The van der Waals surface area contributed by atoms with Crippen molar-refractivity contribution >= 4 is 11.7 Å². The molecule has 4 heteroatoms. The number of aromatic nitrogens is 1. The molecule has 0 spiro atoms. The van der Waals surface area contributed by atoms with E-state index in [0.29, 0.717) is 6.54 Å². The molecule has 1 heterocycles. The van der Waals surface area contributed by atoms with Crippen LogP contribution in [-0.2, 0) is 6.42 Å². The summed E-state index contributed by atoms with van der Waals surface area (Å²) in [5.41, 5.74) is 7.31. The molecule has 0 radical (unpaired) electrons. The first kappa shape index (κ1) is 11.4. The van der Waals surface area contributed by atoms with Crippen molar-refractivity contribution in [2.75, 3.05) is 11.9 Å². The van der Waals surface area contributed by atoms with Gasteiger partial charge in [-0.25, -0.2) is 4.79 Å². The van der Waals surface area contributed by atoms with E-state index in [2.05, 4.69) is 5.32 Å². The van der Waals surface area contributed by atoms with Crippen LogP contribution in [0.3, 0.4) is 0 Å². The Hall–Kier alpha value is -2.07. The number of benzene rings is 1. The topological polar surface area (TPSA) is 60.0 Å². The number of carbonyl (C=O) groups excluding carboxylic acids is 1. The first-order valence-corrected chi connectivity index (χ1v) is 5.53. The van der Waals surface area contributed by atoms with Gasteiger partial charge in [0, 0.05) is 18.1 Å². The van der Waals surface area contributed by atoms with Gasteiger partial charge in [-0.15, -0.1) is 0 Å². The Labute approximate surface area is 100 Å². The molecule has 4 nitrogen and oxygen atoms in total. The van der Waals surface area contributed by atoms with Crippen LogP contribution in [0.25, 0.3) is 0 Å². The number of nitrogens with one attached hydrogen (secondary N) is 1. The minimum Gasteiger partial charge on any atom is -0.330 e. The van der Waals surface area contributed by atoms with Gasteiger partial charge in [0.05, 0.1) is 0 Å². The molecule has 0 saturated carbocycles. The summed E-state index contributed by atoms with van der Waals surface area (Å²) in [4.78, 5) is 11.9. The number of carbonyl (C=O) groups is 1. The molecule has 0 aliphatic heterocycles. The maximum atomic E-state index is 11.9. The third-order valence-corrected chi connectivity index (χ3v) is 2.45. The van der Waals surface area contributed by atoms with E-state index in [-0.39, 0.29) is 6.03 Å². The Bertz CT molecular complexity index is 490. The lowest BCUT2D eigenvalue weighted by Gasteiger charge is -2.04. The lowest BCUT2D eigenvalue weighted by atomic mass is 10.2. The van der Waals surface area contributed by atoms with Crippen molar-refractivity contribution in [2.45, 2.75) is 6.42 Å². The van der Waals surface area contributed by atoms with Crippen molar-refractivity contribution in [1.29, 1.82) is 0 Å². The molecular formula is C13H15N3O. The highest BCUT2D eigenvalue weighted by atomic mass is 16.2. The maximum Gasteiger partial charge on any atom is 0.329 e. The van der Waals surface area contributed by atoms with E-state index >= 15 is 0 Å². The lowest BCUT2D eigenvalue weighted by Crippen LogP contribution is -2.17. The average molecular weight is 229 g/mol. The van der Waals surface area contributed by atoms with Crippen LogP contribution in [0.2, 0.25) is 0 Å². The van der Waals surface area contributed by atoms with Gasteiger partial charge < -0.3 is 11.1 Å². The van der Waals surface area contributed by atoms with E-state index in [0.717, 1.165) is 17.7 Å². The van der Waals surface area contributed by atoms with Crippen LogP contribution >= 0.6 is 0 Å². The Morgan fingerprint density at radius 2 is 2.00 bits per heavy atom. The van der Waals surface area contributed by atoms with Crippen LogP contribution in [-0.4, -0.2) is 17.1 Å². The molecule has 3 N–H and O–H groups in total. The minimum absolute atomic E-state index is 0.167. The van der Waals surface area contributed by atoms with Crippen LogP contribution in [0.15, 0.2) is 48.8 Å². The molecule has 0 aliphatic rings. The van der Waals surface area contributed by atoms with E-state index in [1.807, 2.05) is 36.4 Å². The predicted octanol–water partition coefficient (Wildman–Crippen LogP) is 2.07. The van der Waals surface area contributed by atoms with Gasteiger partial charge in [0.25, 0.3) is 0 Å². The lowest BCUT2D eigenvalue weighted by molar-refractivity contribution is 0.253. The zero-order valence-electron chi connectivity index (χ0n) is 9.47. The normalized spacial score (nSPS) is 10.2. The molecule has 17 heavy (non-hydrogen) atoms. The van der Waals surface area contributed by atoms with Gasteiger partial charge in [0.1, 0.15) is 0 Å². The van der Waals surface area contributed by atoms with Crippen LogP contribution < -0.4 is 11.1 Å². The van der Waals surface area contributed by atoms with E-state index in [9.17, 15) is 4.79 Å². The fraction of sp³-hybridized carbons (Fsp3) is 0.154. The predicted molar refractivity (Wildman–Crippen MR) is 68.0 cm³/mol. The number of anilines is 1. The molecule has 2 rings (SSSR count). The number of nitrogens with zero attached hydrogens (tertiary/aromatic N) is 1. The molecule has 1 aromatic heterocycles. The highest BCUT2D eigenvalue weighted by molar-refractivity contribution is 5.91. The van der Waals surface area contributed by atoms with Crippen molar-refractivity contribution < 1.29 is 4.79 Å². The fourth-order valence-electron chi connectivity index (χ4n) is 1.59. The SMILES string of the molecule is NCCc1ccn(C(=O)Nc2ccccc2)c1. The van der Waals surface area contributed by atoms with Crippen molar-refractivity contribution in [3.63, 3.8) is 0 Å². The highest BCUT2D eigenvalue weighted by Crippen LogP contribution is 2.07. The third kappa shape index (κ3) is 2.95. The average Bonchev–Trinajstić information content (AvgIpc) is 2.79. The maximum absolute atomic E-state index is 11.9. The summed E-state index contributed by atoms with van der Waals surface area (Å²) in [6, 6.07) is 11.1. The highest BCUT2D eigenvalue weighted by Gasteiger charge is 2.04. The second-order valence-corrected chi connectivity index (χ2v) is 3.76. The monoisotopic (exact) mass is 229 g/mol. The number of nitrogens with two attached hydrogens (primary N) is 1. The van der Waals surface area contributed by atoms with Gasteiger partial charge in [0.2, 0.25) is 0 Å². The van der Waals surface area contributed by atoms with E-state index in [4.69, 9.17) is 5.73 Å². The number of amides is 1. The number of hydrogen-bond donors (Lipinski definition) is 2. The Morgan fingerprint density at radius 1 is 1.24 bits per heavy atom. The molecule has 1 amide bonds. The van der Waals surface area contributed by atoms with Gasteiger partial charge in [-0.1, -0.05) is 18.2 Å². The second kappa shape index (κ2) is 5.32. The largest absolute Gasteiger partial charge is 0.330 e. The van der Waals surface area contributed by atoms with Gasteiger partial charge in [-0.2, -0.15) is 0 Å². The van der Waals surface area contributed by atoms with Crippen LogP contribution in [0.5, 0.6) is 0 Å². The molecule has 88 valence electrons. The van der Waals surface area contributed by atoms with Crippen LogP contribution in [0.1, 0.15) is 5.56 Å². The molecule has 1 aromatic carbocycles. The van der Waals surface area contributed by atoms with E-state index in [1.165, 1.54) is 4.57 Å². The first-order valence-electron chi connectivity index (χ1n) is 5.53. The molecule has 0 fully saturated rings. The smallest absolute Gasteiger partial charge is 0.329 e. The van der Waals surface area contributed by atoms with Gasteiger partial charge >= 0.3 is 6.03 Å². The Balaban J connectivity index is 2.04. The second-order valence-electron chi connectivity index (χ2n) is 3.76. The van der Waals surface area contributed by atoms with Crippen LogP contribution in [0, 0.1) is 0 Å². The molecule has 0 saturated heterocycles. The molecular weight excluding hydrogens is 214 g/mol. The summed E-state index contributed by atoms with van der Waals surface area (Å²) in [6.07, 6.45) is 4.32. The summed E-state index contributed by atoms with van der Waals surface area (Å²) in [6.45, 7) is 0.588. The summed E-state index contributed by atoms with van der Waals surface area (Å²) >= 11 is 0. The first-order chi connectivity index (χ1) is 8.29. The molecule has 2 aromatic rings. The van der Waals surface area contributed by atoms with Crippen molar-refractivity contribution in [1.82, 2.24) is 4.57 Å². The molecule has 0 atom stereocenters. The van der Waals surface area contributed by atoms with Crippen LogP contribution in [0.4, 0.5) is 10.5 Å². The number of hydrogen-bond acceptors (Lipinski definition) is 2. The Morgan fingerprint density at radius 3 is 2.71 bits per heavy atom. The zero-order chi connectivity index (χ0) is 12.1. The number of para-hydroxylation sites is 1. The minimum atomic E-state index is -0.167. The molecule has 0 aliphatic carbocycles. The summed E-state index contributed by atoms with van der Waals surface area (Å²) in [5.74, 6) is 0. The number of rotatable bonds is 3. The van der Waals surface area contributed by atoms with Crippen molar-refractivity contribution in [3.05, 3.63) is 54.4 Å². The van der Waals surface area contributed by atoms with Gasteiger partial charge in [0.15, 0.2) is 0 Å². The standard InChI is InChI=1S/C13H15N3O/c14-8-6-11-7-9-16(10-11)13(17)15-12-4-2-1-3-5-12/h1-5,7,9-10H,6,8,14H2,(H,15,17). The molecule has 0 unspecified atom stereocenters. The fourth-order valence-corrected chi connectivity index (χ4v) is 1.59. The van der Waals surface area contributed by atoms with E-state index < -0.39 is 0 Å². The van der Waals surface area contributed by atoms with E-state index in [1.54, 1.807) is 12.4 Å². The molecule has 0 bridgehead atoms. The van der Waals surface area contributed by atoms with Gasteiger partial charge in [-0.05, 0) is 36.7 Å². The third-order valence-electron chi connectivity index (χ3n) is 2.45. The Kier molecular flexibility index (Phi) is 3.57. The quantitative estimate of drug-likeness (QED) is 0.846. The van der Waals surface area contributed by atoms with Gasteiger partial charge in [-0.3, -0.25) is 4.57 Å². The van der Waals surface area contributed by atoms with Crippen molar-refractivity contribution in [2.24, 2.45) is 5.73 Å². The zero-order valence-corrected chi connectivity index (χ0v) is 9.47.